The van der Waals surface area contributed by atoms with Gasteiger partial charge in [-0.15, -0.1) is 0 Å². The van der Waals surface area contributed by atoms with Crippen LogP contribution in [-0.4, -0.2) is 55.1 Å². The van der Waals surface area contributed by atoms with Gasteiger partial charge in [0.1, 0.15) is 5.82 Å². The number of benzene rings is 1. The lowest BCUT2D eigenvalue weighted by molar-refractivity contribution is 0.0129. The molecule has 3 aliphatic rings. The highest BCUT2D eigenvalue weighted by atomic mass is 19.1. The molecule has 104 valence electrons. The topological polar surface area (TPSA) is 18.5 Å². The van der Waals surface area contributed by atoms with Crippen LogP contribution in [0.3, 0.4) is 0 Å². The predicted molar refractivity (Wildman–Crippen MR) is 74.6 cm³/mol. The van der Waals surface area contributed by atoms with Crippen molar-refractivity contribution in [2.45, 2.75) is 19.0 Å². The third-order valence-electron chi connectivity index (χ3n) is 4.40. The van der Waals surface area contributed by atoms with E-state index in [1.54, 1.807) is 12.1 Å². The Morgan fingerprint density at radius 2 is 2.11 bits per heavy atom. The summed E-state index contributed by atoms with van der Waals surface area (Å²) in [5.41, 5.74) is 1.02. The summed E-state index contributed by atoms with van der Waals surface area (Å²) in [6.45, 7) is 9.08. The third kappa shape index (κ3) is 2.96. The summed E-state index contributed by atoms with van der Waals surface area (Å²) in [4.78, 5) is 5.12. The van der Waals surface area contributed by atoms with Gasteiger partial charge in [0.15, 0.2) is 0 Å². The fourth-order valence-electron chi connectivity index (χ4n) is 3.12. The molecule has 0 aliphatic carbocycles. The molecule has 0 spiro atoms. The molecule has 0 amide bonds. The van der Waals surface area contributed by atoms with E-state index in [2.05, 4.69) is 22.0 Å². The molecular formula is C15H22FN3. The number of hydrogen-bond acceptors (Lipinski definition) is 3. The molecule has 4 rings (SSSR count). The first-order valence-electron chi connectivity index (χ1n) is 7.17. The molecule has 1 N–H and O–H groups in total. The predicted octanol–water partition coefficient (Wildman–Crippen LogP) is 1.48. The number of piperazine rings is 3. The van der Waals surface area contributed by atoms with Crippen molar-refractivity contribution in [2.75, 3.05) is 39.3 Å². The number of nitrogens with zero attached hydrogens (tertiary/aromatic N) is 2. The minimum absolute atomic E-state index is 0.155. The summed E-state index contributed by atoms with van der Waals surface area (Å²) in [5.74, 6) is -0.155. The van der Waals surface area contributed by atoms with Crippen LogP contribution in [0.1, 0.15) is 18.5 Å². The van der Waals surface area contributed by atoms with E-state index in [0.717, 1.165) is 12.1 Å². The first kappa shape index (κ1) is 13.0. The van der Waals surface area contributed by atoms with E-state index >= 15 is 0 Å². The fourth-order valence-corrected chi connectivity index (χ4v) is 3.12. The largest absolute Gasteiger partial charge is 0.309 e. The summed E-state index contributed by atoms with van der Waals surface area (Å²) in [7, 11) is 0. The van der Waals surface area contributed by atoms with Crippen LogP contribution >= 0.6 is 0 Å². The highest BCUT2D eigenvalue weighted by molar-refractivity contribution is 5.19. The number of rotatable bonds is 4. The van der Waals surface area contributed by atoms with Crippen LogP contribution in [0.25, 0.3) is 0 Å². The summed E-state index contributed by atoms with van der Waals surface area (Å²) in [5, 5.41) is 3.55. The number of nitrogens with one attached hydrogen (secondary N) is 1. The van der Waals surface area contributed by atoms with Crippen molar-refractivity contribution in [2.24, 2.45) is 0 Å². The molecule has 19 heavy (non-hydrogen) atoms. The molecule has 1 aromatic rings. The lowest BCUT2D eigenvalue weighted by atomic mass is 10.1. The molecule has 3 nitrogen and oxygen atoms in total. The van der Waals surface area contributed by atoms with Crippen LogP contribution in [0.4, 0.5) is 4.39 Å². The molecular weight excluding hydrogens is 241 g/mol. The highest BCUT2D eigenvalue weighted by Gasteiger charge is 2.31. The van der Waals surface area contributed by atoms with Crippen molar-refractivity contribution in [3.05, 3.63) is 35.6 Å². The average Bonchev–Trinajstić information content (AvgIpc) is 2.46. The van der Waals surface area contributed by atoms with Crippen LogP contribution < -0.4 is 5.32 Å². The van der Waals surface area contributed by atoms with Gasteiger partial charge in [-0.3, -0.25) is 9.80 Å². The van der Waals surface area contributed by atoms with Gasteiger partial charge in [-0.05, 0) is 24.6 Å². The van der Waals surface area contributed by atoms with E-state index < -0.39 is 0 Å². The molecule has 2 unspecified atom stereocenters. The number of hydrogen-bond donors (Lipinski definition) is 1. The van der Waals surface area contributed by atoms with Crippen molar-refractivity contribution >= 4 is 0 Å². The molecule has 3 saturated heterocycles. The maximum Gasteiger partial charge on any atom is 0.123 e. The van der Waals surface area contributed by atoms with Gasteiger partial charge >= 0.3 is 0 Å². The molecule has 3 aliphatic heterocycles. The number of fused-ring (bicyclic) bond motifs is 3. The summed E-state index contributed by atoms with van der Waals surface area (Å²) in [6, 6.07) is 7.69. The van der Waals surface area contributed by atoms with Crippen LogP contribution in [0.2, 0.25) is 0 Å². The Kier molecular flexibility index (Phi) is 3.82. The molecule has 2 atom stereocenters. The van der Waals surface area contributed by atoms with Crippen molar-refractivity contribution in [1.82, 2.24) is 15.1 Å². The number of halogens is 1. The van der Waals surface area contributed by atoms with Crippen molar-refractivity contribution in [3.8, 4) is 0 Å². The van der Waals surface area contributed by atoms with Crippen LogP contribution in [0.5, 0.6) is 0 Å². The average molecular weight is 263 g/mol. The SMILES string of the molecule is CC(NCC1CN2CCN1CC2)c1cccc(F)c1. The zero-order chi connectivity index (χ0) is 13.2. The van der Waals surface area contributed by atoms with Gasteiger partial charge in [-0.25, -0.2) is 4.39 Å². The molecule has 0 radical (unpaired) electrons. The first-order valence-corrected chi connectivity index (χ1v) is 7.17. The quantitative estimate of drug-likeness (QED) is 0.887. The second-order valence-corrected chi connectivity index (χ2v) is 5.68. The zero-order valence-corrected chi connectivity index (χ0v) is 11.5. The molecule has 0 saturated carbocycles. The van der Waals surface area contributed by atoms with Crippen LogP contribution in [-0.2, 0) is 0 Å². The molecule has 3 heterocycles. The van der Waals surface area contributed by atoms with E-state index in [9.17, 15) is 4.39 Å². The molecule has 4 heteroatoms. The van der Waals surface area contributed by atoms with E-state index in [1.165, 1.54) is 38.8 Å². The molecule has 0 aromatic heterocycles. The van der Waals surface area contributed by atoms with Crippen molar-refractivity contribution in [3.63, 3.8) is 0 Å². The second kappa shape index (κ2) is 5.57. The smallest absolute Gasteiger partial charge is 0.123 e. The normalized spacial score (nSPS) is 31.4. The van der Waals surface area contributed by atoms with Crippen LogP contribution in [0, 0.1) is 5.82 Å². The summed E-state index contributed by atoms with van der Waals surface area (Å²) >= 11 is 0. The summed E-state index contributed by atoms with van der Waals surface area (Å²) in [6.07, 6.45) is 0. The van der Waals surface area contributed by atoms with E-state index in [-0.39, 0.29) is 11.9 Å². The lowest BCUT2D eigenvalue weighted by Gasteiger charge is -2.47. The maximum atomic E-state index is 13.2. The molecule has 3 fully saturated rings. The van der Waals surface area contributed by atoms with E-state index in [1.807, 2.05) is 6.07 Å². The third-order valence-corrected chi connectivity index (χ3v) is 4.40. The zero-order valence-electron chi connectivity index (χ0n) is 11.5. The monoisotopic (exact) mass is 263 g/mol. The van der Waals surface area contributed by atoms with Gasteiger partial charge in [0.25, 0.3) is 0 Å². The Morgan fingerprint density at radius 1 is 1.32 bits per heavy atom. The van der Waals surface area contributed by atoms with Crippen LogP contribution in [0.15, 0.2) is 24.3 Å². The van der Waals surface area contributed by atoms with Gasteiger partial charge in [0.05, 0.1) is 0 Å². The van der Waals surface area contributed by atoms with Gasteiger partial charge in [0, 0.05) is 51.4 Å². The molecule has 2 bridgehead atoms. The summed E-state index contributed by atoms with van der Waals surface area (Å²) < 4.78 is 13.2. The van der Waals surface area contributed by atoms with Crippen molar-refractivity contribution in [1.29, 1.82) is 0 Å². The van der Waals surface area contributed by atoms with Gasteiger partial charge in [-0.1, -0.05) is 12.1 Å². The minimum Gasteiger partial charge on any atom is -0.309 e. The van der Waals surface area contributed by atoms with E-state index in [4.69, 9.17) is 0 Å². The van der Waals surface area contributed by atoms with Gasteiger partial charge in [-0.2, -0.15) is 0 Å². The highest BCUT2D eigenvalue weighted by Crippen LogP contribution is 2.17. The maximum absolute atomic E-state index is 13.2. The lowest BCUT2D eigenvalue weighted by Crippen LogP contribution is -2.63. The standard InChI is InChI=1S/C15H22FN3/c1-12(13-3-2-4-14(16)9-13)17-10-15-11-18-5-7-19(15)8-6-18/h2-4,9,12,15,17H,5-8,10-11H2,1H3. The van der Waals surface area contributed by atoms with E-state index in [0.29, 0.717) is 6.04 Å². The fraction of sp³-hybridized carbons (Fsp3) is 0.600. The first-order chi connectivity index (χ1) is 9.22. The van der Waals surface area contributed by atoms with Gasteiger partial charge < -0.3 is 5.32 Å². The Bertz CT molecular complexity index is 429. The van der Waals surface area contributed by atoms with Gasteiger partial charge in [0.2, 0.25) is 0 Å². The Morgan fingerprint density at radius 3 is 2.74 bits per heavy atom. The van der Waals surface area contributed by atoms with Crippen molar-refractivity contribution < 1.29 is 4.39 Å². The Labute approximate surface area is 114 Å². The molecule has 1 aromatic carbocycles. The Hall–Kier alpha value is -0.970. The minimum atomic E-state index is -0.155. The Balaban J connectivity index is 1.54. The second-order valence-electron chi connectivity index (χ2n) is 5.68.